The van der Waals surface area contributed by atoms with Crippen LogP contribution in [0.5, 0.6) is 11.8 Å². The number of fused-ring (bicyclic) bond motifs is 1. The molecule has 2 heterocycles. The quantitative estimate of drug-likeness (QED) is 0.120. The van der Waals surface area contributed by atoms with Gasteiger partial charge in [0.05, 0.1) is 30.8 Å². The van der Waals surface area contributed by atoms with E-state index in [9.17, 15) is 14.4 Å². The van der Waals surface area contributed by atoms with Crippen molar-refractivity contribution in [2.24, 2.45) is 0 Å². The Hall–Kier alpha value is -4.75. The number of aliphatic carboxylic acids is 2. The molecule has 0 bridgehead atoms. The van der Waals surface area contributed by atoms with Crippen LogP contribution in [0.2, 0.25) is 10.0 Å². The van der Waals surface area contributed by atoms with E-state index in [2.05, 4.69) is 25.9 Å². The molecule has 14 heteroatoms. The zero-order valence-corrected chi connectivity index (χ0v) is 26.7. The van der Waals surface area contributed by atoms with Crippen LogP contribution in [-0.2, 0) is 29.1 Å². The third-order valence-corrected chi connectivity index (χ3v) is 8.12. The molecule has 0 unspecified atom stereocenters. The van der Waals surface area contributed by atoms with E-state index in [0.29, 0.717) is 41.4 Å². The molecule has 1 aliphatic rings. The second kappa shape index (κ2) is 15.2. The van der Waals surface area contributed by atoms with Gasteiger partial charge in [-0.25, -0.2) is 4.98 Å². The van der Waals surface area contributed by atoms with Gasteiger partial charge in [0.15, 0.2) is 0 Å². The van der Waals surface area contributed by atoms with Gasteiger partial charge in [0, 0.05) is 30.4 Å². The number of amides is 1. The number of nitrogens with one attached hydrogen (secondary N) is 3. The first kappa shape index (κ1) is 33.6. The summed E-state index contributed by atoms with van der Waals surface area (Å²) in [5, 5.41) is 26.6. The third-order valence-electron chi connectivity index (χ3n) is 7.44. The first-order valence-corrected chi connectivity index (χ1v) is 15.3. The summed E-state index contributed by atoms with van der Waals surface area (Å²) >= 11 is 13.4. The molecule has 12 nitrogen and oxygen atoms in total. The summed E-state index contributed by atoms with van der Waals surface area (Å²) in [5.41, 5.74) is 5.19. The van der Waals surface area contributed by atoms with Crippen molar-refractivity contribution < 1.29 is 34.1 Å². The van der Waals surface area contributed by atoms with Gasteiger partial charge in [0.1, 0.15) is 16.9 Å². The summed E-state index contributed by atoms with van der Waals surface area (Å²) in [6.45, 7) is 0.135. The van der Waals surface area contributed by atoms with Crippen molar-refractivity contribution in [1.82, 2.24) is 20.6 Å². The monoisotopic (exact) mass is 679 g/mol. The molecule has 0 spiro atoms. The molecule has 47 heavy (non-hydrogen) atoms. The fourth-order valence-corrected chi connectivity index (χ4v) is 5.86. The number of pyridine rings is 2. The molecule has 0 saturated heterocycles. The SMILES string of the molecule is COc1nc(O[C@H]2CCc3c(-c4cccc(C(=O)Nc5ccc(CNCC(=O)O)cn5)c4Cl)cccc32)c(Cl)cc1CNCC(=O)O. The lowest BCUT2D eigenvalue weighted by Crippen LogP contribution is -2.22. The van der Waals surface area contributed by atoms with Gasteiger partial charge in [0.2, 0.25) is 11.8 Å². The Morgan fingerprint density at radius 2 is 1.66 bits per heavy atom. The topological polar surface area (TPSA) is 172 Å². The van der Waals surface area contributed by atoms with Crippen LogP contribution in [0.25, 0.3) is 11.1 Å². The van der Waals surface area contributed by atoms with Gasteiger partial charge in [-0.05, 0) is 53.3 Å². The Bertz CT molecular complexity index is 1800. The summed E-state index contributed by atoms with van der Waals surface area (Å²) in [7, 11) is 1.47. The Balaban J connectivity index is 1.32. The molecule has 0 aliphatic heterocycles. The van der Waals surface area contributed by atoms with Gasteiger partial charge in [-0.15, -0.1) is 0 Å². The molecule has 244 valence electrons. The van der Waals surface area contributed by atoms with Gasteiger partial charge < -0.3 is 35.6 Å². The van der Waals surface area contributed by atoms with Crippen molar-refractivity contribution in [2.45, 2.75) is 32.0 Å². The first-order valence-electron chi connectivity index (χ1n) is 14.6. The zero-order chi connectivity index (χ0) is 33.5. The highest BCUT2D eigenvalue weighted by molar-refractivity contribution is 6.37. The van der Waals surface area contributed by atoms with Crippen molar-refractivity contribution >= 4 is 46.9 Å². The zero-order valence-electron chi connectivity index (χ0n) is 25.2. The van der Waals surface area contributed by atoms with Gasteiger partial charge in [-0.1, -0.05) is 59.6 Å². The molecular formula is C33H31Cl2N5O7. The number of carbonyl (C=O) groups excluding carboxylic acids is 1. The standard InChI is InChI=1S/C33H31Cl2N5O7/c1-46-32-19(15-37-17-29(43)44)12-25(34)33(40-32)47-26-10-9-21-20(4-2-5-22(21)26)23-6-3-7-24(30(23)35)31(45)39-27-11-8-18(14-38-27)13-36-16-28(41)42/h2-8,11-12,14,26,36-37H,9-10,13,15-17H2,1H3,(H,41,42)(H,43,44)(H,38,39,45)/t26-/m0/s1. The summed E-state index contributed by atoms with van der Waals surface area (Å²) in [5.74, 6) is -1.56. The Morgan fingerprint density at radius 3 is 2.36 bits per heavy atom. The minimum Gasteiger partial charge on any atom is -0.481 e. The van der Waals surface area contributed by atoms with E-state index in [4.69, 9.17) is 42.9 Å². The number of halogens is 2. The number of hydrogen-bond donors (Lipinski definition) is 5. The number of nitrogens with zero attached hydrogens (tertiary/aromatic N) is 2. The molecule has 2 aromatic heterocycles. The maximum atomic E-state index is 13.2. The van der Waals surface area contributed by atoms with Crippen LogP contribution in [0.15, 0.2) is 60.8 Å². The largest absolute Gasteiger partial charge is 0.481 e. The molecule has 4 aromatic rings. The number of anilines is 1. The van der Waals surface area contributed by atoms with E-state index < -0.39 is 17.8 Å². The lowest BCUT2D eigenvalue weighted by Gasteiger charge is -2.18. The lowest BCUT2D eigenvalue weighted by molar-refractivity contribution is -0.137. The molecule has 2 aromatic carbocycles. The number of carboxylic acids is 2. The van der Waals surface area contributed by atoms with Crippen LogP contribution in [0, 0.1) is 0 Å². The van der Waals surface area contributed by atoms with Gasteiger partial charge >= 0.3 is 11.9 Å². The van der Waals surface area contributed by atoms with Crippen LogP contribution in [0.4, 0.5) is 5.82 Å². The third kappa shape index (κ3) is 8.16. The Morgan fingerprint density at radius 1 is 0.936 bits per heavy atom. The van der Waals surface area contributed by atoms with Crippen LogP contribution >= 0.6 is 23.2 Å². The van der Waals surface area contributed by atoms with Gasteiger partial charge in [-0.3, -0.25) is 14.4 Å². The first-order chi connectivity index (χ1) is 22.6. The predicted molar refractivity (Wildman–Crippen MR) is 175 cm³/mol. The minimum atomic E-state index is -0.983. The summed E-state index contributed by atoms with van der Waals surface area (Å²) < 4.78 is 11.7. The van der Waals surface area contributed by atoms with Crippen molar-refractivity contribution in [1.29, 1.82) is 0 Å². The fraction of sp³-hybridized carbons (Fsp3) is 0.242. The number of carbonyl (C=O) groups is 3. The van der Waals surface area contributed by atoms with E-state index in [1.54, 1.807) is 36.5 Å². The number of methoxy groups -OCH3 is 1. The minimum absolute atomic E-state index is 0.170. The fourth-order valence-electron chi connectivity index (χ4n) is 5.33. The van der Waals surface area contributed by atoms with Crippen LogP contribution in [0.3, 0.4) is 0 Å². The summed E-state index contributed by atoms with van der Waals surface area (Å²) in [6.07, 6.45) is 2.54. The molecule has 1 amide bonds. The van der Waals surface area contributed by atoms with E-state index in [0.717, 1.165) is 22.3 Å². The summed E-state index contributed by atoms with van der Waals surface area (Å²) in [6, 6.07) is 16.1. The molecule has 5 N–H and O–H groups in total. The van der Waals surface area contributed by atoms with Crippen LogP contribution in [0.1, 0.15) is 45.1 Å². The van der Waals surface area contributed by atoms with E-state index in [1.807, 2.05) is 24.3 Å². The van der Waals surface area contributed by atoms with Crippen molar-refractivity contribution in [3.05, 3.63) is 98.7 Å². The van der Waals surface area contributed by atoms with Gasteiger partial charge in [0.25, 0.3) is 5.91 Å². The van der Waals surface area contributed by atoms with E-state index in [-0.39, 0.29) is 48.1 Å². The highest BCUT2D eigenvalue weighted by atomic mass is 35.5. The molecule has 0 radical (unpaired) electrons. The molecule has 1 atom stereocenters. The average Bonchev–Trinajstić information content (AvgIpc) is 3.45. The normalized spacial score (nSPS) is 13.6. The number of carboxylic acid groups (broad SMARTS) is 2. The molecule has 0 fully saturated rings. The molecule has 5 rings (SSSR count). The smallest absolute Gasteiger partial charge is 0.317 e. The number of rotatable bonds is 14. The van der Waals surface area contributed by atoms with E-state index >= 15 is 0 Å². The summed E-state index contributed by atoms with van der Waals surface area (Å²) in [4.78, 5) is 43.5. The van der Waals surface area contributed by atoms with Crippen molar-refractivity contribution in [3.8, 4) is 22.9 Å². The predicted octanol–water partition coefficient (Wildman–Crippen LogP) is 5.13. The maximum Gasteiger partial charge on any atom is 0.317 e. The molecule has 1 aliphatic carbocycles. The lowest BCUT2D eigenvalue weighted by atomic mass is 9.95. The van der Waals surface area contributed by atoms with Crippen LogP contribution < -0.4 is 25.4 Å². The van der Waals surface area contributed by atoms with Gasteiger partial charge in [-0.2, -0.15) is 4.98 Å². The Labute approximate surface area is 280 Å². The number of ether oxygens (including phenoxy) is 2. The highest BCUT2D eigenvalue weighted by Crippen LogP contribution is 2.43. The van der Waals surface area contributed by atoms with Crippen molar-refractivity contribution in [2.75, 3.05) is 25.5 Å². The van der Waals surface area contributed by atoms with Crippen LogP contribution in [-0.4, -0.2) is 58.2 Å². The number of hydrogen-bond acceptors (Lipinski definition) is 9. The Kier molecular flexibility index (Phi) is 10.9. The van der Waals surface area contributed by atoms with Crippen molar-refractivity contribution in [3.63, 3.8) is 0 Å². The molecule has 0 saturated carbocycles. The second-order valence-corrected chi connectivity index (χ2v) is 11.4. The number of aromatic nitrogens is 2. The highest BCUT2D eigenvalue weighted by Gasteiger charge is 2.29. The average molecular weight is 681 g/mol. The molecular weight excluding hydrogens is 649 g/mol. The maximum absolute atomic E-state index is 13.2. The van der Waals surface area contributed by atoms with E-state index in [1.165, 1.54) is 7.11 Å². The second-order valence-electron chi connectivity index (χ2n) is 10.6. The number of benzene rings is 2.